The highest BCUT2D eigenvalue weighted by Crippen LogP contribution is 2.16. The molecule has 2 heterocycles. The van der Waals surface area contributed by atoms with Gasteiger partial charge in [0.1, 0.15) is 5.02 Å². The first-order valence-electron chi connectivity index (χ1n) is 6.76. The molecule has 9 nitrogen and oxygen atoms in total. The van der Waals surface area contributed by atoms with E-state index in [4.69, 9.17) is 19.3 Å². The lowest BCUT2D eigenvalue weighted by Crippen LogP contribution is -2.32. The van der Waals surface area contributed by atoms with Gasteiger partial charge in [-0.25, -0.2) is 4.79 Å². The predicted octanol–water partition coefficient (Wildman–Crippen LogP) is 0.168. The lowest BCUT2D eigenvalue weighted by molar-refractivity contribution is -0.141. The maximum atomic E-state index is 11.7. The number of carbonyl (C=O) groups is 2. The molecule has 22 heavy (non-hydrogen) atoms. The van der Waals surface area contributed by atoms with Gasteiger partial charge in [0.25, 0.3) is 6.79 Å². The Morgan fingerprint density at radius 3 is 2.77 bits per heavy atom. The van der Waals surface area contributed by atoms with Crippen LogP contribution in [0.5, 0.6) is 0 Å². The molecule has 2 aromatic rings. The lowest BCUT2D eigenvalue weighted by Gasteiger charge is -2.08. The highest BCUT2D eigenvalue weighted by molar-refractivity contribution is 5.89. The number of hydrogen-bond acceptors (Lipinski definition) is 6. The Bertz CT molecular complexity index is 643. The van der Waals surface area contributed by atoms with E-state index in [1.807, 2.05) is 0 Å². The van der Waals surface area contributed by atoms with E-state index in [0.717, 1.165) is 5.02 Å². The Balaban J connectivity index is 1.42. The fraction of sp³-hybridized carbons (Fsp3) is 0.385. The van der Waals surface area contributed by atoms with E-state index < -0.39 is 17.9 Å². The zero-order chi connectivity index (χ0) is 15.5. The van der Waals surface area contributed by atoms with Gasteiger partial charge in [0.15, 0.2) is 0 Å². The Morgan fingerprint density at radius 1 is 1.32 bits per heavy atom. The summed E-state index contributed by atoms with van der Waals surface area (Å²) >= 11 is 0. The number of aliphatic carboxylic acids is 1. The van der Waals surface area contributed by atoms with E-state index in [1.54, 1.807) is 35.3 Å². The van der Waals surface area contributed by atoms with Crippen molar-refractivity contribution in [2.24, 2.45) is 5.92 Å². The third kappa shape index (κ3) is 3.08. The number of benzene rings is 1. The third-order valence-electron chi connectivity index (χ3n) is 3.38. The average molecular weight is 309 g/mol. The molecule has 9 heteroatoms. The summed E-state index contributed by atoms with van der Waals surface area (Å²) in [6.07, 6.45) is 0.548. The van der Waals surface area contributed by atoms with E-state index in [2.05, 4.69) is 0 Å². The van der Waals surface area contributed by atoms with Crippen LogP contribution in [-0.2, 0) is 9.53 Å². The number of carboxylic acids is 1. The second kappa shape index (κ2) is 5.88. The topological polar surface area (TPSA) is 99.1 Å². The maximum absolute atomic E-state index is 11.7. The molecule has 118 valence electrons. The van der Waals surface area contributed by atoms with Crippen molar-refractivity contribution < 1.29 is 28.9 Å². The van der Waals surface area contributed by atoms with Gasteiger partial charge >= 0.3 is 11.9 Å². The normalized spacial score (nSPS) is 17.6. The number of nitrogens with zero attached hydrogens (tertiary/aromatic N) is 3. The Morgan fingerprint density at radius 2 is 2.09 bits per heavy atom. The number of carbonyl (C=O) groups excluding carboxylic acids is 1. The van der Waals surface area contributed by atoms with Crippen LogP contribution in [0.15, 0.2) is 35.0 Å². The molecule has 1 aromatic carbocycles. The Kier molecular flexibility index (Phi) is 3.77. The summed E-state index contributed by atoms with van der Waals surface area (Å²) in [5, 5.41) is 11.6. The van der Waals surface area contributed by atoms with Gasteiger partial charge in [0.05, 0.1) is 18.0 Å². The quantitative estimate of drug-likeness (QED) is 0.599. The Hall–Kier alpha value is -2.84. The molecule has 3 rings (SSSR count). The molecule has 1 atom stereocenters. The van der Waals surface area contributed by atoms with Gasteiger partial charge in [-0.3, -0.25) is 9.80 Å². The minimum absolute atomic E-state index is 0.305. The summed E-state index contributed by atoms with van der Waals surface area (Å²) in [4.78, 5) is 28.9. The number of aromatic nitrogens is 2. The van der Waals surface area contributed by atoms with Crippen molar-refractivity contribution >= 4 is 11.9 Å². The van der Waals surface area contributed by atoms with Gasteiger partial charge < -0.3 is 14.7 Å². The number of carboxylic acid groups (broad SMARTS) is 1. The molecule has 0 saturated carbocycles. The van der Waals surface area contributed by atoms with Gasteiger partial charge in [-0.2, -0.15) is 4.63 Å². The van der Waals surface area contributed by atoms with Crippen LogP contribution >= 0.6 is 0 Å². The zero-order valence-electron chi connectivity index (χ0n) is 11.6. The fourth-order valence-corrected chi connectivity index (χ4v) is 2.16. The Labute approximate surface area is 125 Å². The van der Waals surface area contributed by atoms with Crippen LogP contribution in [0.4, 0.5) is 0 Å². The SMILES string of the molecule is O=C(OCOn1on1N1CCC(C(=O)O)C1)c1ccccc1. The van der Waals surface area contributed by atoms with Crippen LogP contribution in [0, 0.1) is 5.92 Å². The minimum atomic E-state index is -0.825. The van der Waals surface area contributed by atoms with Crippen LogP contribution in [0.25, 0.3) is 0 Å². The molecule has 0 spiro atoms. The smallest absolute Gasteiger partial charge is 0.341 e. The maximum Gasteiger partial charge on any atom is 0.341 e. The second-order valence-electron chi connectivity index (χ2n) is 4.85. The van der Waals surface area contributed by atoms with Gasteiger partial charge in [0, 0.05) is 11.5 Å². The summed E-state index contributed by atoms with van der Waals surface area (Å²) in [5.74, 6) is -1.74. The molecule has 1 saturated heterocycles. The lowest BCUT2D eigenvalue weighted by atomic mass is 10.1. The first-order valence-corrected chi connectivity index (χ1v) is 6.76. The van der Waals surface area contributed by atoms with Crippen molar-refractivity contribution in [2.45, 2.75) is 6.42 Å². The second-order valence-corrected chi connectivity index (χ2v) is 4.85. The molecule has 1 unspecified atom stereocenters. The fourth-order valence-electron chi connectivity index (χ4n) is 2.16. The zero-order valence-corrected chi connectivity index (χ0v) is 11.6. The van der Waals surface area contributed by atoms with Gasteiger partial charge in [-0.05, 0) is 18.6 Å². The molecule has 1 fully saturated rings. The average Bonchev–Trinajstić information content (AvgIpc) is 3.11. The molecule has 1 aromatic heterocycles. The van der Waals surface area contributed by atoms with Crippen molar-refractivity contribution in [3.05, 3.63) is 35.9 Å². The monoisotopic (exact) mass is 309 g/mol. The summed E-state index contributed by atoms with van der Waals surface area (Å²) in [6.45, 7) is 0.597. The highest BCUT2D eigenvalue weighted by Gasteiger charge is 2.33. The van der Waals surface area contributed by atoms with Crippen LogP contribution in [0.1, 0.15) is 16.8 Å². The largest absolute Gasteiger partial charge is 0.481 e. The number of ether oxygens (including phenoxy) is 1. The summed E-state index contributed by atoms with van der Waals surface area (Å²) in [7, 11) is 0. The van der Waals surface area contributed by atoms with Crippen LogP contribution in [-0.4, -0.2) is 46.9 Å². The minimum Gasteiger partial charge on any atom is -0.481 e. The highest BCUT2D eigenvalue weighted by atomic mass is 17.0. The molecule has 1 aliphatic heterocycles. The van der Waals surface area contributed by atoms with E-state index in [9.17, 15) is 9.59 Å². The van der Waals surface area contributed by atoms with E-state index in [-0.39, 0.29) is 6.79 Å². The van der Waals surface area contributed by atoms with Crippen LogP contribution in [0.3, 0.4) is 0 Å². The van der Waals surface area contributed by atoms with Crippen molar-refractivity contribution in [1.82, 2.24) is 9.98 Å². The molecule has 1 N–H and O–H groups in total. The predicted molar refractivity (Wildman–Crippen MR) is 71.7 cm³/mol. The molecule has 0 aliphatic carbocycles. The molecular weight excluding hydrogens is 294 g/mol. The van der Waals surface area contributed by atoms with Crippen LogP contribution in [0.2, 0.25) is 0 Å². The van der Waals surface area contributed by atoms with Crippen molar-refractivity contribution in [3.8, 4) is 0 Å². The molecule has 0 amide bonds. The standard InChI is InChI=1S/C13H15N3O6/c17-12(18)11-6-7-14(8-11)15-16(22-15)21-9-20-13(19)10-4-2-1-3-5-10/h1-5,11H,6-9H2,(H,17,18). The van der Waals surface area contributed by atoms with Crippen molar-refractivity contribution in [1.29, 1.82) is 0 Å². The summed E-state index contributed by atoms with van der Waals surface area (Å²) in [6, 6.07) is 8.55. The molecule has 0 bridgehead atoms. The summed E-state index contributed by atoms with van der Waals surface area (Å²) < 4.78 is 9.93. The summed E-state index contributed by atoms with van der Waals surface area (Å²) in [5.41, 5.74) is 0.429. The van der Waals surface area contributed by atoms with Gasteiger partial charge in [0.2, 0.25) is 0 Å². The van der Waals surface area contributed by atoms with Crippen molar-refractivity contribution in [2.75, 3.05) is 24.9 Å². The van der Waals surface area contributed by atoms with E-state index in [0.29, 0.717) is 25.1 Å². The van der Waals surface area contributed by atoms with Gasteiger partial charge in [-0.1, -0.05) is 18.2 Å². The van der Waals surface area contributed by atoms with E-state index in [1.165, 1.54) is 4.96 Å². The first-order chi connectivity index (χ1) is 10.6. The number of hydrogen-bond donors (Lipinski definition) is 1. The molecule has 0 radical (unpaired) electrons. The van der Waals surface area contributed by atoms with E-state index >= 15 is 0 Å². The number of rotatable bonds is 6. The van der Waals surface area contributed by atoms with Gasteiger partial charge in [-0.15, -0.1) is 0 Å². The van der Waals surface area contributed by atoms with Crippen LogP contribution < -0.4 is 9.85 Å². The number of esters is 1. The first kappa shape index (κ1) is 14.1. The third-order valence-corrected chi connectivity index (χ3v) is 3.38. The molecular formula is C13H15N3O6. The van der Waals surface area contributed by atoms with Crippen molar-refractivity contribution in [3.63, 3.8) is 0 Å². The molecule has 1 aliphatic rings.